The number of benzene rings is 1. The molecule has 0 amide bonds. The zero-order chi connectivity index (χ0) is 13.8. The van der Waals surface area contributed by atoms with E-state index in [1.54, 1.807) is 24.3 Å². The Labute approximate surface area is 111 Å². The fourth-order valence-corrected chi connectivity index (χ4v) is 1.88. The number of carbonyl (C=O) groups excluding carboxylic acids is 2. The lowest BCUT2D eigenvalue weighted by atomic mass is 10.1. The van der Waals surface area contributed by atoms with Gasteiger partial charge in [0.1, 0.15) is 12.0 Å². The van der Waals surface area contributed by atoms with Crippen LogP contribution in [0.3, 0.4) is 0 Å². The monoisotopic (exact) mass is 257 g/mol. The van der Waals surface area contributed by atoms with E-state index in [0.29, 0.717) is 16.9 Å². The first-order valence-corrected chi connectivity index (χ1v) is 5.97. The van der Waals surface area contributed by atoms with Crippen molar-refractivity contribution in [2.24, 2.45) is 0 Å². The SMILES string of the molecule is Cc1cc(C(=O)COc2ccc(C=O)cc2)c(C)[nH]1. The van der Waals surface area contributed by atoms with Crippen molar-refractivity contribution in [3.05, 3.63) is 52.8 Å². The molecule has 1 N–H and O–H groups in total. The number of Topliss-reactive ketones (excluding diaryl/α,β-unsaturated/α-hetero) is 1. The van der Waals surface area contributed by atoms with Gasteiger partial charge < -0.3 is 9.72 Å². The average Bonchev–Trinajstić information content (AvgIpc) is 2.75. The highest BCUT2D eigenvalue weighted by Gasteiger charge is 2.12. The summed E-state index contributed by atoms with van der Waals surface area (Å²) >= 11 is 0. The lowest BCUT2D eigenvalue weighted by molar-refractivity contribution is 0.0920. The summed E-state index contributed by atoms with van der Waals surface area (Å²) in [5.41, 5.74) is 3.04. The first kappa shape index (κ1) is 13.1. The summed E-state index contributed by atoms with van der Waals surface area (Å²) in [7, 11) is 0. The van der Waals surface area contributed by atoms with Gasteiger partial charge in [0, 0.05) is 22.5 Å². The predicted octanol–water partition coefficient (Wildman–Crippen LogP) is 2.71. The Hall–Kier alpha value is -2.36. The molecule has 0 saturated carbocycles. The van der Waals surface area contributed by atoms with E-state index >= 15 is 0 Å². The minimum atomic E-state index is -0.0682. The Morgan fingerprint density at radius 1 is 1.26 bits per heavy atom. The number of H-pyrrole nitrogens is 1. The number of carbonyl (C=O) groups is 2. The number of ketones is 1. The summed E-state index contributed by atoms with van der Waals surface area (Å²) in [5, 5.41) is 0. The molecule has 0 aliphatic carbocycles. The molecule has 19 heavy (non-hydrogen) atoms. The zero-order valence-electron chi connectivity index (χ0n) is 10.9. The van der Waals surface area contributed by atoms with Gasteiger partial charge >= 0.3 is 0 Å². The molecule has 0 aliphatic heterocycles. The number of aromatic nitrogens is 1. The van der Waals surface area contributed by atoms with E-state index in [0.717, 1.165) is 17.7 Å². The molecule has 0 radical (unpaired) electrons. The molecule has 0 fully saturated rings. The second-order valence-corrected chi connectivity index (χ2v) is 4.39. The summed E-state index contributed by atoms with van der Waals surface area (Å²) < 4.78 is 5.41. The van der Waals surface area contributed by atoms with Gasteiger partial charge in [-0.15, -0.1) is 0 Å². The third-order valence-corrected chi connectivity index (χ3v) is 2.84. The Balaban J connectivity index is 2.00. The molecular formula is C15H15NO3. The second-order valence-electron chi connectivity index (χ2n) is 4.39. The van der Waals surface area contributed by atoms with Crippen LogP contribution in [0.1, 0.15) is 32.1 Å². The lowest BCUT2D eigenvalue weighted by Crippen LogP contribution is -2.12. The molecule has 4 nitrogen and oxygen atoms in total. The van der Waals surface area contributed by atoms with Crippen LogP contribution in [0.15, 0.2) is 30.3 Å². The first-order valence-electron chi connectivity index (χ1n) is 5.97. The fourth-order valence-electron chi connectivity index (χ4n) is 1.88. The van der Waals surface area contributed by atoms with Crippen molar-refractivity contribution < 1.29 is 14.3 Å². The van der Waals surface area contributed by atoms with Crippen molar-refractivity contribution >= 4 is 12.1 Å². The molecule has 4 heteroatoms. The number of ether oxygens (including phenoxy) is 1. The number of hydrogen-bond acceptors (Lipinski definition) is 3. The Kier molecular flexibility index (Phi) is 3.80. The van der Waals surface area contributed by atoms with E-state index in [9.17, 15) is 9.59 Å². The summed E-state index contributed by atoms with van der Waals surface area (Å²) in [6, 6.07) is 8.46. The molecule has 0 bridgehead atoms. The van der Waals surface area contributed by atoms with Gasteiger partial charge in [-0.25, -0.2) is 0 Å². The number of rotatable bonds is 5. The van der Waals surface area contributed by atoms with Crippen LogP contribution in [0.5, 0.6) is 5.75 Å². The first-order chi connectivity index (χ1) is 9.10. The molecule has 1 aromatic heterocycles. The molecule has 0 unspecified atom stereocenters. The normalized spacial score (nSPS) is 10.2. The highest BCUT2D eigenvalue weighted by Crippen LogP contribution is 2.14. The molecule has 0 aliphatic rings. The van der Waals surface area contributed by atoms with E-state index in [1.165, 1.54) is 0 Å². The van der Waals surface area contributed by atoms with Gasteiger partial charge in [0.15, 0.2) is 6.61 Å². The van der Waals surface area contributed by atoms with Crippen LogP contribution in [0.4, 0.5) is 0 Å². The lowest BCUT2D eigenvalue weighted by Gasteiger charge is -2.05. The van der Waals surface area contributed by atoms with Gasteiger partial charge in [-0.2, -0.15) is 0 Å². The molecule has 2 aromatic rings. The zero-order valence-corrected chi connectivity index (χ0v) is 10.9. The van der Waals surface area contributed by atoms with Gasteiger partial charge in [0.25, 0.3) is 0 Å². The molecule has 0 spiro atoms. The van der Waals surface area contributed by atoms with E-state index < -0.39 is 0 Å². The van der Waals surface area contributed by atoms with Gasteiger partial charge in [-0.3, -0.25) is 9.59 Å². The van der Waals surface area contributed by atoms with Gasteiger partial charge in [-0.05, 0) is 44.2 Å². The number of aromatic amines is 1. The smallest absolute Gasteiger partial charge is 0.201 e. The molecule has 0 atom stereocenters. The van der Waals surface area contributed by atoms with Crippen molar-refractivity contribution in [3.63, 3.8) is 0 Å². The third kappa shape index (κ3) is 3.10. The Morgan fingerprint density at radius 3 is 2.47 bits per heavy atom. The minimum absolute atomic E-state index is 0.0153. The highest BCUT2D eigenvalue weighted by atomic mass is 16.5. The van der Waals surface area contributed by atoms with E-state index in [4.69, 9.17) is 4.74 Å². The number of aryl methyl sites for hydroxylation is 2. The van der Waals surface area contributed by atoms with Crippen LogP contribution in [0.25, 0.3) is 0 Å². The Bertz CT molecular complexity index is 596. The third-order valence-electron chi connectivity index (χ3n) is 2.84. The molecule has 0 saturated heterocycles. The number of nitrogens with one attached hydrogen (secondary N) is 1. The van der Waals surface area contributed by atoms with Gasteiger partial charge in [0.2, 0.25) is 5.78 Å². The average molecular weight is 257 g/mol. The summed E-state index contributed by atoms with van der Waals surface area (Å²) in [6.07, 6.45) is 0.765. The van der Waals surface area contributed by atoms with Crippen molar-refractivity contribution in [3.8, 4) is 5.75 Å². The maximum atomic E-state index is 12.0. The summed E-state index contributed by atoms with van der Waals surface area (Å²) in [6.45, 7) is 3.75. The van der Waals surface area contributed by atoms with Crippen molar-refractivity contribution in [1.82, 2.24) is 4.98 Å². The van der Waals surface area contributed by atoms with Crippen LogP contribution in [-0.2, 0) is 0 Å². The Morgan fingerprint density at radius 2 is 1.95 bits per heavy atom. The predicted molar refractivity (Wildman–Crippen MR) is 71.9 cm³/mol. The molecular weight excluding hydrogens is 242 g/mol. The van der Waals surface area contributed by atoms with Crippen molar-refractivity contribution in [2.45, 2.75) is 13.8 Å². The maximum Gasteiger partial charge on any atom is 0.201 e. The molecule has 98 valence electrons. The van der Waals surface area contributed by atoms with Gasteiger partial charge in [0.05, 0.1) is 0 Å². The summed E-state index contributed by atoms with van der Waals surface area (Å²) in [5.74, 6) is 0.505. The fraction of sp³-hybridized carbons (Fsp3) is 0.200. The topological polar surface area (TPSA) is 59.2 Å². The van der Waals surface area contributed by atoms with Gasteiger partial charge in [-0.1, -0.05) is 0 Å². The number of hydrogen-bond donors (Lipinski definition) is 1. The van der Waals surface area contributed by atoms with Crippen LogP contribution in [0, 0.1) is 13.8 Å². The van der Waals surface area contributed by atoms with Crippen LogP contribution >= 0.6 is 0 Å². The second kappa shape index (κ2) is 5.52. The largest absolute Gasteiger partial charge is 0.485 e. The highest BCUT2D eigenvalue weighted by molar-refractivity contribution is 5.98. The van der Waals surface area contributed by atoms with Crippen molar-refractivity contribution in [2.75, 3.05) is 6.61 Å². The molecule has 2 rings (SSSR count). The van der Waals surface area contributed by atoms with Crippen molar-refractivity contribution in [1.29, 1.82) is 0 Å². The summed E-state index contributed by atoms with van der Waals surface area (Å²) in [4.78, 5) is 25.6. The van der Waals surface area contributed by atoms with E-state index in [1.807, 2.05) is 19.9 Å². The number of aldehydes is 1. The van der Waals surface area contributed by atoms with Crippen LogP contribution < -0.4 is 4.74 Å². The maximum absolute atomic E-state index is 12.0. The molecule has 1 heterocycles. The van der Waals surface area contributed by atoms with Crippen LogP contribution in [0.2, 0.25) is 0 Å². The quantitative estimate of drug-likeness (QED) is 0.661. The minimum Gasteiger partial charge on any atom is -0.485 e. The van der Waals surface area contributed by atoms with Crippen LogP contribution in [-0.4, -0.2) is 23.7 Å². The standard InChI is InChI=1S/C15H15NO3/c1-10-7-14(11(2)16-10)15(18)9-19-13-5-3-12(8-17)4-6-13/h3-8,16H,9H2,1-2H3. The van der Waals surface area contributed by atoms with E-state index in [-0.39, 0.29) is 12.4 Å². The molecule has 1 aromatic carbocycles. The van der Waals surface area contributed by atoms with E-state index in [2.05, 4.69) is 4.98 Å².